The molecule has 0 amide bonds. The maximum Gasteiger partial charge on any atom is 0 e. The van der Waals surface area contributed by atoms with Crippen molar-refractivity contribution in [1.29, 1.82) is 0 Å². The van der Waals surface area contributed by atoms with Crippen LogP contribution < -0.4 is 0 Å². The second-order valence-electron chi connectivity index (χ2n) is 6.89. The molecule has 0 heterocycles. The van der Waals surface area contributed by atoms with E-state index < -0.39 is 0 Å². The molecule has 0 saturated heterocycles. The minimum Gasteiger partial charge on any atom is -0.338 e. The molecule has 2 radical (unpaired) electrons. The molecule has 0 saturated carbocycles. The van der Waals surface area contributed by atoms with Gasteiger partial charge >= 0.3 is 0 Å². The van der Waals surface area contributed by atoms with Crippen LogP contribution in [0.25, 0.3) is 0 Å². The van der Waals surface area contributed by atoms with Crippen LogP contribution in [0.2, 0.25) is 0 Å². The van der Waals surface area contributed by atoms with E-state index in [-0.39, 0.29) is 76.2 Å². The molecule has 0 fully saturated rings. The van der Waals surface area contributed by atoms with Gasteiger partial charge in [-0.1, -0.05) is 54.4 Å². The van der Waals surface area contributed by atoms with E-state index in [1.54, 1.807) is 0 Å². The van der Waals surface area contributed by atoms with Crippen molar-refractivity contribution in [1.82, 2.24) is 0 Å². The summed E-state index contributed by atoms with van der Waals surface area (Å²) in [5.41, 5.74) is 0.660. The first-order valence-corrected chi connectivity index (χ1v) is 5.12. The Hall–Kier alpha value is 2.21. The molecule has 0 nitrogen and oxygen atoms in total. The Bertz CT molecular complexity index is 140. The zero-order valence-electron chi connectivity index (χ0n) is 11.5. The Morgan fingerprint density at radius 3 is 1.27 bits per heavy atom. The second kappa shape index (κ2) is 7.60. The van der Waals surface area contributed by atoms with Gasteiger partial charge in [-0.3, -0.25) is 0 Å². The van der Waals surface area contributed by atoms with E-state index in [0.29, 0.717) is 5.41 Å². The van der Waals surface area contributed by atoms with Gasteiger partial charge < -0.3 is 13.8 Å². The molecule has 0 aromatic heterocycles. The molecular formula is C13H26Y2-2. The minimum atomic E-state index is 0. The van der Waals surface area contributed by atoms with Crippen molar-refractivity contribution >= 4 is 0 Å². The molecular weight excluding hydrogens is 334 g/mol. The summed E-state index contributed by atoms with van der Waals surface area (Å²) >= 11 is 0. The zero-order valence-corrected chi connectivity index (χ0v) is 17.2. The van der Waals surface area contributed by atoms with Gasteiger partial charge in [-0.2, -0.15) is 10.8 Å². The molecule has 1 atom stereocenters. The molecule has 15 heavy (non-hydrogen) atoms. The zero-order chi connectivity index (χ0) is 10.9. The fourth-order valence-electron chi connectivity index (χ4n) is 2.50. The van der Waals surface area contributed by atoms with Crippen molar-refractivity contribution in [3.05, 3.63) is 13.8 Å². The first-order chi connectivity index (χ1) is 5.41. The van der Waals surface area contributed by atoms with E-state index >= 15 is 0 Å². The van der Waals surface area contributed by atoms with Crippen LogP contribution in [0.4, 0.5) is 0 Å². The molecule has 0 aliphatic rings. The van der Waals surface area contributed by atoms with Crippen molar-refractivity contribution in [3.63, 3.8) is 0 Å². The van der Waals surface area contributed by atoms with Gasteiger partial charge in [0.15, 0.2) is 0 Å². The van der Waals surface area contributed by atoms with Gasteiger partial charge in [0.2, 0.25) is 0 Å². The molecule has 86 valence electrons. The van der Waals surface area contributed by atoms with Crippen LogP contribution in [0.3, 0.4) is 0 Å². The Balaban J connectivity index is -0.000000720. The molecule has 0 spiro atoms. The van der Waals surface area contributed by atoms with Crippen molar-refractivity contribution in [2.24, 2.45) is 16.2 Å². The van der Waals surface area contributed by atoms with Gasteiger partial charge in [-0.05, 0) is 5.41 Å². The van der Waals surface area contributed by atoms with Crippen molar-refractivity contribution < 1.29 is 65.4 Å². The van der Waals surface area contributed by atoms with Gasteiger partial charge in [0.25, 0.3) is 0 Å². The molecule has 0 rings (SSSR count). The van der Waals surface area contributed by atoms with Crippen molar-refractivity contribution in [3.8, 4) is 0 Å². The van der Waals surface area contributed by atoms with E-state index in [1.165, 1.54) is 0 Å². The van der Waals surface area contributed by atoms with Crippen LogP contribution in [0.15, 0.2) is 0 Å². The molecule has 0 N–H and O–H groups in total. The SMILES string of the molecule is [CH2-]C(C)(C)CC([CH2-])(C)CC(C)(C)C.[Y].[Y]. The summed E-state index contributed by atoms with van der Waals surface area (Å²) in [7, 11) is 0. The standard InChI is InChI=1S/C13H26.2Y/c1-11(2,3)9-13(7,8)10-12(4,5)6;;/h1,7,9-10H2,2-6,8H3;;/q-2;;. The van der Waals surface area contributed by atoms with Crippen LogP contribution in [0.5, 0.6) is 0 Å². The third-order valence-electron chi connectivity index (χ3n) is 1.86. The van der Waals surface area contributed by atoms with Crippen LogP contribution in [0, 0.1) is 30.1 Å². The largest absolute Gasteiger partial charge is 0.338 e. The van der Waals surface area contributed by atoms with Gasteiger partial charge in [0.1, 0.15) is 0 Å². The van der Waals surface area contributed by atoms with Crippen LogP contribution >= 0.6 is 0 Å². The third kappa shape index (κ3) is 16.2. The number of hydrogen-bond acceptors (Lipinski definition) is 0. The maximum atomic E-state index is 4.30. The Kier molecular flexibility index (Phi) is 11.3. The number of rotatable bonds is 3. The smallest absolute Gasteiger partial charge is 0 e. The maximum absolute atomic E-state index is 4.30. The summed E-state index contributed by atoms with van der Waals surface area (Å²) in [5, 5.41) is 0. The van der Waals surface area contributed by atoms with E-state index in [4.69, 9.17) is 0 Å². The molecule has 0 bridgehead atoms. The van der Waals surface area contributed by atoms with Crippen molar-refractivity contribution in [2.45, 2.75) is 54.4 Å². The van der Waals surface area contributed by atoms with Gasteiger partial charge in [0, 0.05) is 65.4 Å². The topological polar surface area (TPSA) is 0 Å². The molecule has 1 unspecified atom stereocenters. The molecule has 0 aromatic rings. The first kappa shape index (κ1) is 22.4. The summed E-state index contributed by atoms with van der Waals surface area (Å²) in [4.78, 5) is 0. The van der Waals surface area contributed by atoms with Gasteiger partial charge in [0.05, 0.1) is 0 Å². The molecule has 2 heteroatoms. The van der Waals surface area contributed by atoms with Crippen LogP contribution in [-0.2, 0) is 65.4 Å². The van der Waals surface area contributed by atoms with E-state index in [2.05, 4.69) is 55.4 Å². The van der Waals surface area contributed by atoms with Crippen LogP contribution in [0.1, 0.15) is 54.4 Å². The monoisotopic (exact) mass is 360 g/mol. The summed E-state index contributed by atoms with van der Waals surface area (Å²) in [6.45, 7) is 21.9. The average molecular weight is 360 g/mol. The van der Waals surface area contributed by atoms with E-state index in [9.17, 15) is 0 Å². The quantitative estimate of drug-likeness (QED) is 0.650. The van der Waals surface area contributed by atoms with Gasteiger partial charge in [-0.15, -0.1) is 0 Å². The first-order valence-electron chi connectivity index (χ1n) is 5.12. The summed E-state index contributed by atoms with van der Waals surface area (Å²) in [6.07, 6.45) is 2.23. The fourth-order valence-corrected chi connectivity index (χ4v) is 2.50. The molecule has 0 aliphatic carbocycles. The minimum absolute atomic E-state index is 0. The number of hydrogen-bond donors (Lipinski definition) is 0. The van der Waals surface area contributed by atoms with Crippen LogP contribution in [-0.4, -0.2) is 0 Å². The Labute approximate surface area is 148 Å². The summed E-state index contributed by atoms with van der Waals surface area (Å²) in [5.74, 6) is 0. The third-order valence-corrected chi connectivity index (χ3v) is 1.86. The van der Waals surface area contributed by atoms with E-state index in [0.717, 1.165) is 12.8 Å². The predicted molar refractivity (Wildman–Crippen MR) is 61.3 cm³/mol. The normalized spacial score (nSPS) is 16.0. The molecule has 0 aliphatic heterocycles. The summed E-state index contributed by atoms with van der Waals surface area (Å²) in [6, 6.07) is 0. The molecule has 0 aromatic carbocycles. The van der Waals surface area contributed by atoms with Gasteiger partial charge in [-0.25, -0.2) is 0 Å². The average Bonchev–Trinajstić information content (AvgIpc) is 1.43. The van der Waals surface area contributed by atoms with Crippen molar-refractivity contribution in [2.75, 3.05) is 0 Å². The predicted octanol–water partition coefficient (Wildman–Crippen LogP) is 4.51. The second-order valence-corrected chi connectivity index (χ2v) is 6.89. The Morgan fingerprint density at radius 2 is 1.07 bits per heavy atom. The summed E-state index contributed by atoms with van der Waals surface area (Å²) < 4.78 is 0. The Morgan fingerprint density at radius 1 is 0.733 bits per heavy atom. The van der Waals surface area contributed by atoms with E-state index in [1.807, 2.05) is 0 Å². The fraction of sp³-hybridized carbons (Fsp3) is 0.846.